The van der Waals surface area contributed by atoms with Crippen LogP contribution in [0.2, 0.25) is 0 Å². The van der Waals surface area contributed by atoms with Crippen LogP contribution in [0, 0.1) is 6.92 Å². The summed E-state index contributed by atoms with van der Waals surface area (Å²) in [5.41, 5.74) is 5.62. The van der Waals surface area contributed by atoms with Crippen LogP contribution >= 0.6 is 0 Å². The van der Waals surface area contributed by atoms with E-state index >= 15 is 0 Å². The summed E-state index contributed by atoms with van der Waals surface area (Å²) >= 11 is 0. The molecule has 3 aromatic carbocycles. The van der Waals surface area contributed by atoms with Crippen LogP contribution in [0.4, 0.5) is 0 Å². The van der Waals surface area contributed by atoms with Crippen molar-refractivity contribution in [3.63, 3.8) is 0 Å². The Morgan fingerprint density at radius 3 is 2.15 bits per heavy atom. The van der Waals surface area contributed by atoms with Crippen molar-refractivity contribution in [3.05, 3.63) is 96.2 Å². The number of carboxylic acids is 1. The van der Waals surface area contributed by atoms with Crippen LogP contribution in [-0.2, 0) is 0 Å². The zero-order valence-electron chi connectivity index (χ0n) is 14.8. The highest BCUT2D eigenvalue weighted by atomic mass is 16.4. The number of rotatable bonds is 4. The topological polar surface area (TPSA) is 58.0 Å². The average molecular weight is 353 g/mol. The van der Waals surface area contributed by atoms with Crippen LogP contribution in [0.25, 0.3) is 28.1 Å². The number of aromatic nitrogens is 2. The van der Waals surface area contributed by atoms with E-state index in [2.05, 4.69) is 17.2 Å². The Morgan fingerprint density at radius 2 is 1.48 bits per heavy atom. The zero-order valence-corrected chi connectivity index (χ0v) is 14.8. The molecule has 0 amide bonds. The molecule has 0 radical (unpaired) electrons. The Kier molecular flexibility index (Phi) is 4.30. The fourth-order valence-corrected chi connectivity index (χ4v) is 3.11. The second-order valence-electron chi connectivity index (χ2n) is 6.40. The lowest BCUT2D eigenvalue weighted by Crippen LogP contribution is -2.22. The Balaban J connectivity index is 1.80. The highest BCUT2D eigenvalue weighted by Crippen LogP contribution is 2.27. The Hall–Kier alpha value is -3.66. The third kappa shape index (κ3) is 3.37. The standard InChI is InChI=1S/C23H18N2O2/c1-16-6-5-9-20(14-16)25-22(15-21(24-25)23(26)27)19-12-10-18(11-13-19)17-7-3-2-4-8-17/h2-15H,1H3,(H,26,27)/p-1. The fourth-order valence-electron chi connectivity index (χ4n) is 3.11. The van der Waals surface area contributed by atoms with Crippen molar-refractivity contribution in [1.29, 1.82) is 0 Å². The molecule has 0 spiro atoms. The van der Waals surface area contributed by atoms with Gasteiger partial charge in [0.05, 0.1) is 17.4 Å². The smallest absolute Gasteiger partial charge is 0.109 e. The normalized spacial score (nSPS) is 10.7. The van der Waals surface area contributed by atoms with Crippen LogP contribution < -0.4 is 5.11 Å². The van der Waals surface area contributed by atoms with Crippen LogP contribution in [0.1, 0.15) is 16.1 Å². The number of aromatic carboxylic acids is 1. The van der Waals surface area contributed by atoms with Crippen LogP contribution in [0.15, 0.2) is 84.9 Å². The molecule has 4 heteroatoms. The Morgan fingerprint density at radius 1 is 0.815 bits per heavy atom. The van der Waals surface area contributed by atoms with Gasteiger partial charge in [-0.2, -0.15) is 5.10 Å². The van der Waals surface area contributed by atoms with Gasteiger partial charge in [0.2, 0.25) is 0 Å². The molecule has 0 saturated carbocycles. The summed E-state index contributed by atoms with van der Waals surface area (Å²) < 4.78 is 1.65. The lowest BCUT2D eigenvalue weighted by atomic mass is 10.0. The lowest BCUT2D eigenvalue weighted by molar-refractivity contribution is -0.255. The molecule has 1 aromatic heterocycles. The maximum atomic E-state index is 11.3. The van der Waals surface area contributed by atoms with Gasteiger partial charge in [-0.1, -0.05) is 66.7 Å². The number of hydrogen-bond donors (Lipinski definition) is 0. The van der Waals surface area contributed by atoms with E-state index < -0.39 is 5.97 Å². The van der Waals surface area contributed by atoms with E-state index in [1.807, 2.05) is 73.7 Å². The quantitative estimate of drug-likeness (QED) is 0.559. The highest BCUT2D eigenvalue weighted by molar-refractivity contribution is 5.85. The predicted molar refractivity (Wildman–Crippen MR) is 104 cm³/mol. The largest absolute Gasteiger partial charge is 0.543 e. The van der Waals surface area contributed by atoms with Gasteiger partial charge in [-0.15, -0.1) is 0 Å². The monoisotopic (exact) mass is 353 g/mol. The van der Waals surface area contributed by atoms with E-state index in [-0.39, 0.29) is 5.69 Å². The van der Waals surface area contributed by atoms with E-state index in [9.17, 15) is 9.90 Å². The van der Waals surface area contributed by atoms with Gasteiger partial charge in [-0.05, 0) is 41.8 Å². The summed E-state index contributed by atoms with van der Waals surface area (Å²) in [6.45, 7) is 1.99. The van der Waals surface area contributed by atoms with Gasteiger partial charge >= 0.3 is 0 Å². The van der Waals surface area contributed by atoms with E-state index in [0.717, 1.165) is 27.9 Å². The maximum Gasteiger partial charge on any atom is 0.109 e. The first-order chi connectivity index (χ1) is 13.1. The summed E-state index contributed by atoms with van der Waals surface area (Å²) in [5.74, 6) is -1.29. The number of hydrogen-bond acceptors (Lipinski definition) is 3. The molecule has 4 nitrogen and oxygen atoms in total. The average Bonchev–Trinajstić information content (AvgIpc) is 3.15. The molecule has 27 heavy (non-hydrogen) atoms. The van der Waals surface area contributed by atoms with E-state index in [1.54, 1.807) is 10.7 Å². The third-order valence-electron chi connectivity index (χ3n) is 4.45. The number of benzene rings is 3. The van der Waals surface area contributed by atoms with Crippen LogP contribution in [0.3, 0.4) is 0 Å². The molecule has 4 rings (SSSR count). The molecule has 0 aliphatic carbocycles. The first-order valence-electron chi connectivity index (χ1n) is 8.66. The lowest BCUT2D eigenvalue weighted by Gasteiger charge is -2.09. The molecule has 0 N–H and O–H groups in total. The number of carboxylic acid groups (broad SMARTS) is 1. The fraction of sp³-hybridized carbons (Fsp3) is 0.0435. The SMILES string of the molecule is Cc1cccc(-n2nc(C(=O)[O-])cc2-c2ccc(-c3ccccc3)cc2)c1. The molecule has 0 saturated heterocycles. The van der Waals surface area contributed by atoms with Gasteiger partial charge in [0, 0.05) is 5.56 Å². The van der Waals surface area contributed by atoms with Crippen molar-refractivity contribution in [3.8, 4) is 28.1 Å². The first-order valence-corrected chi connectivity index (χ1v) is 8.66. The zero-order chi connectivity index (χ0) is 18.8. The second-order valence-corrected chi connectivity index (χ2v) is 6.40. The summed E-state index contributed by atoms with van der Waals surface area (Å²) in [6.07, 6.45) is 0. The number of carbonyl (C=O) groups excluding carboxylic acids is 1. The molecule has 0 aliphatic rings. The molecule has 0 unspecified atom stereocenters. The van der Waals surface area contributed by atoms with Crippen molar-refractivity contribution in [2.45, 2.75) is 6.92 Å². The third-order valence-corrected chi connectivity index (χ3v) is 4.45. The molecule has 0 fully saturated rings. The summed E-state index contributed by atoms with van der Waals surface area (Å²) in [6, 6.07) is 27.4. The molecule has 0 aliphatic heterocycles. The van der Waals surface area contributed by atoms with Gasteiger partial charge in [-0.25, -0.2) is 4.68 Å². The first kappa shape index (κ1) is 16.8. The minimum atomic E-state index is -1.29. The van der Waals surface area contributed by atoms with Crippen LogP contribution in [0.5, 0.6) is 0 Å². The Bertz CT molecular complexity index is 1100. The Labute approximate surface area is 157 Å². The predicted octanol–water partition coefficient (Wildman–Crippen LogP) is 3.88. The molecule has 1 heterocycles. The summed E-state index contributed by atoms with van der Waals surface area (Å²) in [7, 11) is 0. The van der Waals surface area contributed by atoms with E-state index in [0.29, 0.717) is 5.69 Å². The van der Waals surface area contributed by atoms with Gasteiger partial charge in [0.1, 0.15) is 5.69 Å². The van der Waals surface area contributed by atoms with Gasteiger partial charge in [0.15, 0.2) is 0 Å². The molecular weight excluding hydrogens is 336 g/mol. The molecule has 4 aromatic rings. The molecular formula is C23H17N2O2-. The second kappa shape index (κ2) is 6.92. The van der Waals surface area contributed by atoms with Crippen molar-refractivity contribution in [2.75, 3.05) is 0 Å². The maximum absolute atomic E-state index is 11.3. The minimum absolute atomic E-state index is 0.0846. The summed E-state index contributed by atoms with van der Waals surface area (Å²) in [4.78, 5) is 11.3. The highest BCUT2D eigenvalue weighted by Gasteiger charge is 2.13. The number of nitrogens with zero attached hydrogens (tertiary/aromatic N) is 2. The molecule has 0 bridgehead atoms. The van der Waals surface area contributed by atoms with Gasteiger partial charge in [-0.3, -0.25) is 0 Å². The van der Waals surface area contributed by atoms with Crippen molar-refractivity contribution in [2.24, 2.45) is 0 Å². The van der Waals surface area contributed by atoms with Crippen molar-refractivity contribution >= 4 is 5.97 Å². The molecule has 0 atom stereocenters. The van der Waals surface area contributed by atoms with Crippen molar-refractivity contribution < 1.29 is 9.90 Å². The van der Waals surface area contributed by atoms with Crippen molar-refractivity contribution in [1.82, 2.24) is 9.78 Å². The van der Waals surface area contributed by atoms with E-state index in [1.165, 1.54) is 0 Å². The summed E-state index contributed by atoms with van der Waals surface area (Å²) in [5, 5.41) is 15.6. The van der Waals surface area contributed by atoms with Gasteiger partial charge < -0.3 is 9.90 Å². The van der Waals surface area contributed by atoms with Crippen LogP contribution in [-0.4, -0.2) is 15.7 Å². The molecule has 132 valence electrons. The van der Waals surface area contributed by atoms with Gasteiger partial charge in [0.25, 0.3) is 0 Å². The van der Waals surface area contributed by atoms with E-state index in [4.69, 9.17) is 0 Å². The minimum Gasteiger partial charge on any atom is -0.543 e. The number of aryl methyl sites for hydroxylation is 1. The number of carbonyl (C=O) groups is 1.